The molecule has 0 saturated heterocycles. The molecule has 6 heteroatoms. The van der Waals surface area contributed by atoms with E-state index in [2.05, 4.69) is 16.4 Å². The molecule has 0 bridgehead atoms. The monoisotopic (exact) mass is 379 g/mol. The van der Waals surface area contributed by atoms with Crippen molar-refractivity contribution in [1.82, 2.24) is 19.4 Å². The first-order valence-corrected chi connectivity index (χ1v) is 9.40. The zero-order chi connectivity index (χ0) is 18.4. The van der Waals surface area contributed by atoms with E-state index in [1.54, 1.807) is 10.5 Å². The molecule has 1 unspecified atom stereocenters. The van der Waals surface area contributed by atoms with Gasteiger partial charge in [0, 0.05) is 29.6 Å². The van der Waals surface area contributed by atoms with Gasteiger partial charge in [0.25, 0.3) is 0 Å². The standard InChI is InChI=1S/C21H17ClFN4/c22-16-7-4-14(5-8-16)10-19-13-24-25-27(19)18-9-6-15-11-17-2-1-3-21(23)26(17)20(15)12-18/h1-5,7-8,13,18H,6,9-10,12H2. The third-order valence-corrected chi connectivity index (χ3v) is 5.54. The van der Waals surface area contributed by atoms with E-state index in [0.29, 0.717) is 0 Å². The summed E-state index contributed by atoms with van der Waals surface area (Å²) in [6.45, 7) is 0. The van der Waals surface area contributed by atoms with Gasteiger partial charge in [-0.1, -0.05) is 35.0 Å². The molecule has 0 aliphatic heterocycles. The van der Waals surface area contributed by atoms with Gasteiger partial charge in [-0.05, 0) is 48.2 Å². The van der Waals surface area contributed by atoms with Crippen molar-refractivity contribution in [2.75, 3.05) is 0 Å². The molecule has 0 N–H and O–H groups in total. The first kappa shape index (κ1) is 16.5. The van der Waals surface area contributed by atoms with E-state index in [9.17, 15) is 4.39 Å². The van der Waals surface area contributed by atoms with Crippen LogP contribution in [0.5, 0.6) is 0 Å². The number of rotatable bonds is 3. The van der Waals surface area contributed by atoms with Gasteiger partial charge >= 0.3 is 0 Å². The molecule has 27 heavy (non-hydrogen) atoms. The van der Waals surface area contributed by atoms with Crippen LogP contribution in [0.25, 0.3) is 5.52 Å². The summed E-state index contributed by atoms with van der Waals surface area (Å²) in [5.74, 6) is -0.245. The Morgan fingerprint density at radius 1 is 1.19 bits per heavy atom. The molecule has 3 heterocycles. The molecule has 1 radical (unpaired) electrons. The minimum absolute atomic E-state index is 0.161. The number of aromatic nitrogens is 4. The molecule has 0 spiro atoms. The van der Waals surface area contributed by atoms with Gasteiger partial charge in [0.2, 0.25) is 0 Å². The van der Waals surface area contributed by atoms with E-state index in [0.717, 1.165) is 58.7 Å². The fraction of sp³-hybridized carbons (Fsp3) is 0.238. The highest BCUT2D eigenvalue weighted by atomic mass is 35.5. The molecule has 4 nitrogen and oxygen atoms in total. The van der Waals surface area contributed by atoms with Crippen LogP contribution >= 0.6 is 11.6 Å². The number of nitrogens with zero attached hydrogens (tertiary/aromatic N) is 4. The average Bonchev–Trinajstić information content (AvgIpc) is 3.28. The summed E-state index contributed by atoms with van der Waals surface area (Å²) in [5.41, 5.74) is 5.10. The van der Waals surface area contributed by atoms with E-state index in [1.165, 1.54) is 6.07 Å². The lowest BCUT2D eigenvalue weighted by molar-refractivity contribution is 0.379. The molecule has 1 atom stereocenters. The quantitative estimate of drug-likeness (QED) is 0.493. The molecule has 135 valence electrons. The third-order valence-electron chi connectivity index (χ3n) is 5.29. The average molecular weight is 380 g/mol. The van der Waals surface area contributed by atoms with Gasteiger partial charge in [-0.15, -0.1) is 5.10 Å². The maximum Gasteiger partial charge on any atom is 0.198 e. The minimum atomic E-state index is -0.245. The summed E-state index contributed by atoms with van der Waals surface area (Å²) in [6, 6.07) is 16.4. The summed E-state index contributed by atoms with van der Waals surface area (Å²) in [6.07, 6.45) is 5.08. The van der Waals surface area contributed by atoms with Gasteiger partial charge < -0.3 is 0 Å². The van der Waals surface area contributed by atoms with Gasteiger partial charge in [0.05, 0.1) is 23.4 Å². The molecular formula is C21H17ClFN4. The predicted octanol–water partition coefficient (Wildman–Crippen LogP) is 4.44. The summed E-state index contributed by atoms with van der Waals surface area (Å²) < 4.78 is 18.0. The highest BCUT2D eigenvalue weighted by Crippen LogP contribution is 2.32. The van der Waals surface area contributed by atoms with Crippen LogP contribution in [-0.2, 0) is 19.3 Å². The lowest BCUT2D eigenvalue weighted by Crippen LogP contribution is -2.22. The Hall–Kier alpha value is -2.66. The van der Waals surface area contributed by atoms with Crippen LogP contribution in [-0.4, -0.2) is 19.4 Å². The highest BCUT2D eigenvalue weighted by Gasteiger charge is 2.26. The van der Waals surface area contributed by atoms with Crippen LogP contribution in [0.15, 0.2) is 48.7 Å². The van der Waals surface area contributed by atoms with Crippen LogP contribution in [0, 0.1) is 12.0 Å². The largest absolute Gasteiger partial charge is 0.290 e. The second-order valence-electron chi connectivity index (χ2n) is 6.99. The number of aryl methyl sites for hydroxylation is 1. The Balaban J connectivity index is 1.47. The van der Waals surface area contributed by atoms with Crippen LogP contribution in [0.4, 0.5) is 4.39 Å². The van der Waals surface area contributed by atoms with Crippen LogP contribution < -0.4 is 0 Å². The van der Waals surface area contributed by atoms with Crippen molar-refractivity contribution in [3.8, 4) is 0 Å². The van der Waals surface area contributed by atoms with Gasteiger partial charge in [-0.25, -0.2) is 4.68 Å². The second kappa shape index (κ2) is 6.50. The van der Waals surface area contributed by atoms with E-state index in [1.807, 2.05) is 41.2 Å². The maximum atomic E-state index is 14.4. The molecular weight excluding hydrogens is 363 g/mol. The molecule has 1 aromatic carbocycles. The maximum absolute atomic E-state index is 14.4. The Bertz CT molecular complexity index is 1110. The Morgan fingerprint density at radius 3 is 2.89 bits per heavy atom. The van der Waals surface area contributed by atoms with Crippen molar-refractivity contribution < 1.29 is 4.39 Å². The fourth-order valence-corrected chi connectivity index (χ4v) is 4.12. The normalized spacial score (nSPS) is 16.6. The molecule has 0 saturated carbocycles. The molecule has 4 aromatic rings. The van der Waals surface area contributed by atoms with Crippen LogP contribution in [0.2, 0.25) is 5.02 Å². The SMILES string of the molecule is Fc1cccc2[c]c3c(n12)CC(n1nncc1Cc1ccc(Cl)cc1)CC3. The van der Waals surface area contributed by atoms with E-state index >= 15 is 0 Å². The first-order chi connectivity index (χ1) is 13.2. The van der Waals surface area contributed by atoms with Crippen molar-refractivity contribution in [1.29, 1.82) is 0 Å². The van der Waals surface area contributed by atoms with Crippen molar-refractivity contribution in [2.45, 2.75) is 31.7 Å². The first-order valence-electron chi connectivity index (χ1n) is 9.02. The minimum Gasteiger partial charge on any atom is -0.290 e. The van der Waals surface area contributed by atoms with Crippen molar-refractivity contribution >= 4 is 17.1 Å². The van der Waals surface area contributed by atoms with Gasteiger partial charge in [0.15, 0.2) is 5.95 Å². The zero-order valence-electron chi connectivity index (χ0n) is 14.6. The molecule has 3 aromatic heterocycles. The Morgan fingerprint density at radius 2 is 2.04 bits per heavy atom. The second-order valence-corrected chi connectivity index (χ2v) is 7.43. The van der Waals surface area contributed by atoms with Crippen molar-refractivity contribution in [3.05, 3.63) is 88.2 Å². The number of hydrogen-bond donors (Lipinski definition) is 0. The lowest BCUT2D eigenvalue weighted by Gasteiger charge is -2.24. The third kappa shape index (κ3) is 2.92. The molecule has 1 aliphatic rings. The fourth-order valence-electron chi connectivity index (χ4n) is 3.99. The lowest BCUT2D eigenvalue weighted by atomic mass is 9.93. The topological polar surface area (TPSA) is 35.1 Å². The number of pyridine rings is 1. The molecule has 0 fully saturated rings. The molecule has 0 amide bonds. The summed E-state index contributed by atoms with van der Waals surface area (Å²) in [7, 11) is 0. The van der Waals surface area contributed by atoms with E-state index < -0.39 is 0 Å². The van der Waals surface area contributed by atoms with Gasteiger partial charge in [-0.2, -0.15) is 4.39 Å². The van der Waals surface area contributed by atoms with Crippen molar-refractivity contribution in [3.63, 3.8) is 0 Å². The number of hydrogen-bond acceptors (Lipinski definition) is 2. The number of benzene rings is 1. The predicted molar refractivity (Wildman–Crippen MR) is 102 cm³/mol. The van der Waals surface area contributed by atoms with Crippen molar-refractivity contribution in [2.24, 2.45) is 0 Å². The van der Waals surface area contributed by atoms with Crippen LogP contribution in [0.1, 0.15) is 35.0 Å². The van der Waals surface area contributed by atoms with Gasteiger partial charge in [0.1, 0.15) is 0 Å². The smallest absolute Gasteiger partial charge is 0.198 e. The number of fused-ring (bicyclic) bond motifs is 3. The van der Waals surface area contributed by atoms with E-state index in [-0.39, 0.29) is 12.0 Å². The van der Waals surface area contributed by atoms with E-state index in [4.69, 9.17) is 11.6 Å². The molecule has 5 rings (SSSR count). The summed E-state index contributed by atoms with van der Waals surface area (Å²) in [4.78, 5) is 0. The summed E-state index contributed by atoms with van der Waals surface area (Å²) in [5, 5.41) is 9.20. The Labute approximate surface area is 161 Å². The zero-order valence-corrected chi connectivity index (χ0v) is 15.3. The molecule has 1 aliphatic carbocycles. The highest BCUT2D eigenvalue weighted by molar-refractivity contribution is 6.30. The summed E-state index contributed by atoms with van der Waals surface area (Å²) >= 11 is 5.98. The Kier molecular flexibility index (Phi) is 3.97. The van der Waals surface area contributed by atoms with Gasteiger partial charge in [-0.3, -0.25) is 4.40 Å². The van der Waals surface area contributed by atoms with Crippen LogP contribution in [0.3, 0.4) is 0 Å². The number of halogens is 2.